The van der Waals surface area contributed by atoms with E-state index in [1.807, 2.05) is 0 Å². The maximum absolute atomic E-state index is 11.6. The number of nitrogens with zero attached hydrogens (tertiary/aromatic N) is 1. The van der Waals surface area contributed by atoms with Crippen molar-refractivity contribution in [2.24, 2.45) is 0 Å². The number of hydrogen-bond acceptors (Lipinski definition) is 4. The predicted molar refractivity (Wildman–Crippen MR) is 63.1 cm³/mol. The minimum atomic E-state index is -0.455. The Labute approximate surface area is 98.2 Å². The zero-order valence-electron chi connectivity index (χ0n) is 9.56. The van der Waals surface area contributed by atoms with E-state index in [0.29, 0.717) is 22.0 Å². The summed E-state index contributed by atoms with van der Waals surface area (Å²) >= 11 is 0. The maximum atomic E-state index is 11.6. The summed E-state index contributed by atoms with van der Waals surface area (Å²) in [6.45, 7) is 1.45. The molecular weight excluding hydrogens is 218 g/mol. The number of pyridine rings is 1. The number of benzene rings is 1. The van der Waals surface area contributed by atoms with Crippen molar-refractivity contribution in [2.45, 2.75) is 6.92 Å². The summed E-state index contributed by atoms with van der Waals surface area (Å²) in [5, 5.41) is 1.35. The van der Waals surface area contributed by atoms with E-state index in [2.05, 4.69) is 9.72 Å². The highest BCUT2D eigenvalue weighted by atomic mass is 16.5. The molecule has 1 aromatic heterocycles. The summed E-state index contributed by atoms with van der Waals surface area (Å²) < 4.78 is 4.68. The van der Waals surface area contributed by atoms with Crippen molar-refractivity contribution in [2.75, 3.05) is 7.11 Å². The van der Waals surface area contributed by atoms with Gasteiger partial charge in [-0.3, -0.25) is 9.78 Å². The fourth-order valence-electron chi connectivity index (χ4n) is 1.75. The normalized spacial score (nSPS) is 10.2. The molecule has 86 valence electrons. The van der Waals surface area contributed by atoms with Crippen LogP contribution in [0.3, 0.4) is 0 Å². The topological polar surface area (TPSA) is 56.3 Å². The lowest BCUT2D eigenvalue weighted by Gasteiger charge is -2.06. The van der Waals surface area contributed by atoms with Gasteiger partial charge in [0, 0.05) is 23.9 Å². The van der Waals surface area contributed by atoms with Gasteiger partial charge < -0.3 is 4.74 Å². The van der Waals surface area contributed by atoms with E-state index in [1.165, 1.54) is 20.2 Å². The first-order chi connectivity index (χ1) is 8.15. The summed E-state index contributed by atoms with van der Waals surface area (Å²) in [5.74, 6) is -0.582. The first-order valence-electron chi connectivity index (χ1n) is 5.12. The van der Waals surface area contributed by atoms with Gasteiger partial charge in [0.2, 0.25) is 0 Å². The lowest BCUT2D eigenvalue weighted by molar-refractivity contribution is 0.0602. The minimum Gasteiger partial charge on any atom is -0.465 e. The molecule has 0 atom stereocenters. The second kappa shape index (κ2) is 4.33. The Bertz CT molecular complexity index is 605. The number of carbonyl (C=O) groups excluding carboxylic acids is 2. The van der Waals surface area contributed by atoms with Gasteiger partial charge in [-0.15, -0.1) is 0 Å². The first kappa shape index (κ1) is 11.3. The molecule has 0 aliphatic carbocycles. The SMILES string of the molecule is COC(=O)c1cnc(C(C)=O)c2ccccc12. The molecule has 2 aromatic rings. The number of rotatable bonds is 2. The highest BCUT2D eigenvalue weighted by molar-refractivity contribution is 6.11. The molecule has 0 N–H and O–H groups in total. The highest BCUT2D eigenvalue weighted by Crippen LogP contribution is 2.21. The number of methoxy groups -OCH3 is 1. The number of Topliss-reactive ketones (excluding diaryl/α,β-unsaturated/α-hetero) is 1. The van der Waals surface area contributed by atoms with Crippen molar-refractivity contribution >= 4 is 22.5 Å². The third-order valence-electron chi connectivity index (χ3n) is 2.53. The van der Waals surface area contributed by atoms with Crippen LogP contribution < -0.4 is 0 Å². The van der Waals surface area contributed by atoms with Crippen LogP contribution in [0.15, 0.2) is 30.5 Å². The Morgan fingerprint density at radius 2 is 1.82 bits per heavy atom. The fraction of sp³-hybridized carbons (Fsp3) is 0.154. The third kappa shape index (κ3) is 1.89. The monoisotopic (exact) mass is 229 g/mol. The number of fused-ring (bicyclic) bond motifs is 1. The van der Waals surface area contributed by atoms with E-state index < -0.39 is 5.97 Å². The van der Waals surface area contributed by atoms with E-state index in [9.17, 15) is 9.59 Å². The van der Waals surface area contributed by atoms with E-state index in [1.54, 1.807) is 24.3 Å². The summed E-state index contributed by atoms with van der Waals surface area (Å²) in [6, 6.07) is 7.15. The van der Waals surface area contributed by atoms with E-state index in [4.69, 9.17) is 0 Å². The zero-order valence-corrected chi connectivity index (χ0v) is 9.56. The van der Waals surface area contributed by atoms with Gasteiger partial charge in [-0.25, -0.2) is 4.79 Å². The molecular formula is C13H11NO3. The molecule has 2 rings (SSSR count). The highest BCUT2D eigenvalue weighted by Gasteiger charge is 2.15. The minimum absolute atomic E-state index is 0.127. The Balaban J connectivity index is 2.79. The van der Waals surface area contributed by atoms with Gasteiger partial charge in [0.05, 0.1) is 12.7 Å². The smallest absolute Gasteiger partial charge is 0.340 e. The molecule has 0 bridgehead atoms. The van der Waals surface area contributed by atoms with Crippen LogP contribution >= 0.6 is 0 Å². The molecule has 0 fully saturated rings. The van der Waals surface area contributed by atoms with Crippen LogP contribution in [0, 0.1) is 0 Å². The molecule has 0 spiro atoms. The largest absolute Gasteiger partial charge is 0.465 e. The fourth-order valence-corrected chi connectivity index (χ4v) is 1.75. The third-order valence-corrected chi connectivity index (χ3v) is 2.53. The standard InChI is InChI=1S/C13H11NO3/c1-8(15)12-10-6-4-3-5-9(10)11(7-14-12)13(16)17-2/h3-7H,1-2H3. The van der Waals surface area contributed by atoms with Crippen LogP contribution in [0.25, 0.3) is 10.8 Å². The Kier molecular flexibility index (Phi) is 2.87. The molecule has 0 saturated carbocycles. The molecule has 1 aromatic carbocycles. The average Bonchev–Trinajstić information content (AvgIpc) is 2.36. The van der Waals surface area contributed by atoms with Crippen molar-refractivity contribution in [3.05, 3.63) is 41.7 Å². The number of ketones is 1. The van der Waals surface area contributed by atoms with Gasteiger partial charge >= 0.3 is 5.97 Å². The van der Waals surface area contributed by atoms with Crippen LogP contribution in [0.5, 0.6) is 0 Å². The summed E-state index contributed by atoms with van der Waals surface area (Å²) in [7, 11) is 1.32. The van der Waals surface area contributed by atoms with Gasteiger partial charge in [-0.1, -0.05) is 24.3 Å². The van der Waals surface area contributed by atoms with E-state index in [0.717, 1.165) is 0 Å². The first-order valence-corrected chi connectivity index (χ1v) is 5.12. The molecule has 0 aliphatic heterocycles. The van der Waals surface area contributed by atoms with E-state index in [-0.39, 0.29) is 5.78 Å². The van der Waals surface area contributed by atoms with Crippen LogP contribution in [0.4, 0.5) is 0 Å². The van der Waals surface area contributed by atoms with Gasteiger partial charge in [-0.05, 0) is 0 Å². The van der Waals surface area contributed by atoms with Gasteiger partial charge in [0.1, 0.15) is 5.69 Å². The Hall–Kier alpha value is -2.23. The quantitative estimate of drug-likeness (QED) is 0.585. The molecule has 0 saturated heterocycles. The number of esters is 1. The van der Waals surface area contributed by atoms with Crippen LogP contribution in [-0.2, 0) is 4.74 Å². The Morgan fingerprint density at radius 1 is 1.18 bits per heavy atom. The lowest BCUT2D eigenvalue weighted by Crippen LogP contribution is -2.06. The molecule has 1 heterocycles. The number of ether oxygens (including phenoxy) is 1. The number of carbonyl (C=O) groups is 2. The zero-order chi connectivity index (χ0) is 12.4. The van der Waals surface area contributed by atoms with Crippen molar-refractivity contribution in [3.8, 4) is 0 Å². The van der Waals surface area contributed by atoms with Crippen molar-refractivity contribution in [1.29, 1.82) is 0 Å². The predicted octanol–water partition coefficient (Wildman–Crippen LogP) is 2.22. The molecule has 0 radical (unpaired) electrons. The lowest BCUT2D eigenvalue weighted by atomic mass is 10.0. The van der Waals surface area contributed by atoms with Gasteiger partial charge in [0.25, 0.3) is 0 Å². The molecule has 0 aliphatic rings. The van der Waals surface area contributed by atoms with Crippen LogP contribution in [0.1, 0.15) is 27.8 Å². The molecule has 0 unspecified atom stereocenters. The molecule has 0 amide bonds. The van der Waals surface area contributed by atoms with Crippen LogP contribution in [-0.4, -0.2) is 23.8 Å². The van der Waals surface area contributed by atoms with Crippen LogP contribution in [0.2, 0.25) is 0 Å². The van der Waals surface area contributed by atoms with Gasteiger partial charge in [-0.2, -0.15) is 0 Å². The van der Waals surface area contributed by atoms with Gasteiger partial charge in [0.15, 0.2) is 5.78 Å². The second-order valence-corrected chi connectivity index (χ2v) is 3.61. The molecule has 4 nitrogen and oxygen atoms in total. The van der Waals surface area contributed by atoms with E-state index >= 15 is 0 Å². The molecule has 4 heteroatoms. The van der Waals surface area contributed by atoms with Crippen molar-refractivity contribution < 1.29 is 14.3 Å². The Morgan fingerprint density at radius 3 is 2.41 bits per heavy atom. The second-order valence-electron chi connectivity index (χ2n) is 3.61. The summed E-state index contributed by atoms with van der Waals surface area (Å²) in [6.07, 6.45) is 1.38. The maximum Gasteiger partial charge on any atom is 0.340 e. The number of aromatic nitrogens is 1. The van der Waals surface area contributed by atoms with Crippen molar-refractivity contribution in [3.63, 3.8) is 0 Å². The number of hydrogen-bond donors (Lipinski definition) is 0. The molecule has 17 heavy (non-hydrogen) atoms. The average molecular weight is 229 g/mol. The van der Waals surface area contributed by atoms with Crippen molar-refractivity contribution in [1.82, 2.24) is 4.98 Å². The summed E-state index contributed by atoms with van der Waals surface area (Å²) in [4.78, 5) is 27.0. The summed E-state index contributed by atoms with van der Waals surface area (Å²) in [5.41, 5.74) is 0.737.